The van der Waals surface area contributed by atoms with Crippen LogP contribution in [0.4, 0.5) is 10.5 Å². The van der Waals surface area contributed by atoms with E-state index >= 15 is 0 Å². The van der Waals surface area contributed by atoms with Crippen molar-refractivity contribution in [1.82, 2.24) is 10.2 Å². The van der Waals surface area contributed by atoms with Crippen molar-refractivity contribution in [3.8, 4) is 17.6 Å². The number of methoxy groups -OCH3 is 1. The van der Waals surface area contributed by atoms with Crippen LogP contribution in [-0.4, -0.2) is 55.4 Å². The van der Waals surface area contributed by atoms with Gasteiger partial charge in [0.2, 0.25) is 0 Å². The van der Waals surface area contributed by atoms with E-state index in [1.54, 1.807) is 7.11 Å². The number of urea groups is 1. The maximum atomic E-state index is 12.9. The zero-order chi connectivity index (χ0) is 22.8. The smallest absolute Gasteiger partial charge is 0.318 e. The molecule has 1 saturated heterocycles. The van der Waals surface area contributed by atoms with Crippen LogP contribution in [0.15, 0.2) is 42.5 Å². The quantitative estimate of drug-likeness (QED) is 0.729. The van der Waals surface area contributed by atoms with Gasteiger partial charge in [0.05, 0.1) is 25.8 Å². The lowest BCUT2D eigenvalue weighted by atomic mass is 9.81. The molecule has 2 aromatic carbocycles. The van der Waals surface area contributed by atoms with Gasteiger partial charge in [-0.05, 0) is 68.3 Å². The zero-order valence-electron chi connectivity index (χ0n) is 19.1. The number of carbonyl (C=O) groups excluding carboxylic acids is 1. The number of nitrogens with one attached hydrogen (secondary N) is 1. The van der Waals surface area contributed by atoms with E-state index in [2.05, 4.69) is 34.2 Å². The monoisotopic (exact) mass is 433 g/mol. The summed E-state index contributed by atoms with van der Waals surface area (Å²) < 4.78 is 5.21. The molecule has 0 radical (unpaired) electrons. The standard InChI is InChI=1S/C26H31N3O3/c1-17(2)27-26(31)29-14-13-21-24(16-30)28(3)23-12-9-19(15-22(23)25(21)29)6-5-18-7-10-20(32-4)11-8-18/h7-12,15,17,21,24-25,30H,13-14,16H2,1-4H3,(H,27,31)/t21-,24+,25-/m0/s1. The Morgan fingerprint density at radius 3 is 2.53 bits per heavy atom. The van der Waals surface area contributed by atoms with E-state index in [9.17, 15) is 9.90 Å². The fourth-order valence-electron chi connectivity index (χ4n) is 4.91. The second kappa shape index (κ2) is 9.13. The van der Waals surface area contributed by atoms with Crippen molar-refractivity contribution in [1.29, 1.82) is 0 Å². The first-order valence-corrected chi connectivity index (χ1v) is 11.1. The number of fused-ring (bicyclic) bond motifs is 3. The number of hydrogen-bond donors (Lipinski definition) is 2. The van der Waals surface area contributed by atoms with E-state index in [4.69, 9.17) is 4.74 Å². The summed E-state index contributed by atoms with van der Waals surface area (Å²) in [6.45, 7) is 4.68. The number of anilines is 1. The van der Waals surface area contributed by atoms with Crippen molar-refractivity contribution in [3.63, 3.8) is 0 Å². The minimum Gasteiger partial charge on any atom is -0.497 e. The van der Waals surface area contributed by atoms with Gasteiger partial charge in [-0.1, -0.05) is 11.8 Å². The van der Waals surface area contributed by atoms with E-state index in [1.807, 2.05) is 56.1 Å². The summed E-state index contributed by atoms with van der Waals surface area (Å²) in [4.78, 5) is 17.0. The molecule has 2 aliphatic heterocycles. The number of nitrogens with zero attached hydrogens (tertiary/aromatic N) is 2. The number of ether oxygens (including phenoxy) is 1. The summed E-state index contributed by atoms with van der Waals surface area (Å²) in [5, 5.41) is 13.2. The number of rotatable bonds is 3. The highest BCUT2D eigenvalue weighted by Crippen LogP contribution is 2.48. The van der Waals surface area contributed by atoms with Crippen molar-refractivity contribution >= 4 is 11.7 Å². The van der Waals surface area contributed by atoms with Gasteiger partial charge in [0.1, 0.15) is 5.75 Å². The Hall–Kier alpha value is -3.17. The maximum Gasteiger partial charge on any atom is 0.318 e. The summed E-state index contributed by atoms with van der Waals surface area (Å²) >= 11 is 0. The molecule has 0 bridgehead atoms. The van der Waals surface area contributed by atoms with E-state index < -0.39 is 0 Å². The SMILES string of the molecule is COc1ccc(C#Cc2ccc3c(c2)[C@@H]2[C@@H](CCN2C(=O)NC(C)C)[C@@H](CO)N3C)cc1. The van der Waals surface area contributed by atoms with Crippen molar-refractivity contribution in [2.45, 2.75) is 38.4 Å². The van der Waals surface area contributed by atoms with Gasteiger partial charge in [-0.2, -0.15) is 0 Å². The molecule has 6 nitrogen and oxygen atoms in total. The average molecular weight is 434 g/mol. The number of aliphatic hydroxyl groups is 1. The Morgan fingerprint density at radius 1 is 1.19 bits per heavy atom. The lowest BCUT2D eigenvalue weighted by molar-refractivity contribution is 0.159. The van der Waals surface area contributed by atoms with Crippen LogP contribution in [0.3, 0.4) is 0 Å². The van der Waals surface area contributed by atoms with E-state index in [-0.39, 0.29) is 36.7 Å². The van der Waals surface area contributed by atoms with Crippen molar-refractivity contribution in [2.24, 2.45) is 5.92 Å². The van der Waals surface area contributed by atoms with Crippen molar-refractivity contribution in [3.05, 3.63) is 59.2 Å². The molecule has 2 aliphatic rings. The third kappa shape index (κ3) is 4.13. The topological polar surface area (TPSA) is 65.0 Å². The summed E-state index contributed by atoms with van der Waals surface area (Å²) in [7, 11) is 3.67. The predicted molar refractivity (Wildman–Crippen MR) is 126 cm³/mol. The average Bonchev–Trinajstić information content (AvgIpc) is 3.23. The summed E-state index contributed by atoms with van der Waals surface area (Å²) in [5.41, 5.74) is 3.97. The number of aliphatic hydroxyl groups excluding tert-OH is 1. The van der Waals surface area contributed by atoms with E-state index in [1.165, 1.54) is 0 Å². The van der Waals surface area contributed by atoms with E-state index in [0.717, 1.165) is 34.5 Å². The minimum absolute atomic E-state index is 0.0133. The highest BCUT2D eigenvalue weighted by molar-refractivity contribution is 5.77. The highest BCUT2D eigenvalue weighted by Gasteiger charge is 2.47. The predicted octanol–water partition coefficient (Wildman–Crippen LogP) is 3.39. The Balaban J connectivity index is 1.70. The van der Waals surface area contributed by atoms with Gasteiger partial charge in [-0.3, -0.25) is 0 Å². The van der Waals surface area contributed by atoms with Gasteiger partial charge in [-0.15, -0.1) is 0 Å². The van der Waals surface area contributed by atoms with Crippen LogP contribution in [0.1, 0.15) is 43.0 Å². The van der Waals surface area contributed by atoms with Gasteiger partial charge < -0.3 is 25.0 Å². The summed E-state index contributed by atoms with van der Waals surface area (Å²) in [6, 6.07) is 13.8. The maximum absolute atomic E-state index is 12.9. The molecule has 6 heteroatoms. The van der Waals surface area contributed by atoms with Crippen LogP contribution in [-0.2, 0) is 0 Å². The summed E-state index contributed by atoms with van der Waals surface area (Å²) in [6.07, 6.45) is 0.868. The molecule has 2 heterocycles. The molecule has 1 fully saturated rings. The molecule has 2 aromatic rings. The molecular weight excluding hydrogens is 402 g/mol. The van der Waals surface area contributed by atoms with E-state index in [0.29, 0.717) is 6.54 Å². The number of amides is 2. The number of benzene rings is 2. The molecule has 32 heavy (non-hydrogen) atoms. The van der Waals surface area contributed by atoms with Gasteiger partial charge >= 0.3 is 6.03 Å². The summed E-state index contributed by atoms with van der Waals surface area (Å²) in [5.74, 6) is 7.47. The molecule has 0 aromatic heterocycles. The number of likely N-dealkylation sites (tertiary alicyclic amines) is 1. The number of carbonyl (C=O) groups is 1. The van der Waals surface area contributed by atoms with Crippen LogP contribution in [0.25, 0.3) is 0 Å². The molecule has 2 amide bonds. The van der Waals surface area contributed by atoms with Gasteiger partial charge in [-0.25, -0.2) is 4.79 Å². The molecule has 168 valence electrons. The third-order valence-corrected chi connectivity index (χ3v) is 6.46. The van der Waals surface area contributed by atoms with Crippen LogP contribution in [0.2, 0.25) is 0 Å². The van der Waals surface area contributed by atoms with Crippen LogP contribution >= 0.6 is 0 Å². The van der Waals surface area contributed by atoms with Crippen molar-refractivity contribution < 1.29 is 14.6 Å². The Morgan fingerprint density at radius 2 is 1.88 bits per heavy atom. The van der Waals surface area contributed by atoms with Crippen LogP contribution in [0.5, 0.6) is 5.75 Å². The second-order valence-electron chi connectivity index (χ2n) is 8.81. The fourth-order valence-corrected chi connectivity index (χ4v) is 4.91. The fraction of sp³-hybridized carbons (Fsp3) is 0.423. The lowest BCUT2D eigenvalue weighted by Crippen LogP contribution is -2.50. The molecule has 2 N–H and O–H groups in total. The lowest BCUT2D eigenvalue weighted by Gasteiger charge is -2.44. The first kappa shape index (κ1) is 22.0. The molecule has 4 rings (SSSR count). The van der Waals surface area contributed by atoms with Gasteiger partial charge in [0, 0.05) is 42.4 Å². The normalized spacial score (nSPS) is 21.5. The molecule has 0 spiro atoms. The largest absolute Gasteiger partial charge is 0.497 e. The highest BCUT2D eigenvalue weighted by atomic mass is 16.5. The Bertz CT molecular complexity index is 1040. The zero-order valence-corrected chi connectivity index (χ0v) is 19.1. The Kier molecular flexibility index (Phi) is 6.29. The molecule has 0 unspecified atom stereocenters. The minimum atomic E-state index is -0.0696. The van der Waals surface area contributed by atoms with Crippen LogP contribution in [0, 0.1) is 17.8 Å². The number of hydrogen-bond acceptors (Lipinski definition) is 4. The first-order chi connectivity index (χ1) is 15.4. The first-order valence-electron chi connectivity index (χ1n) is 11.1. The second-order valence-corrected chi connectivity index (χ2v) is 8.81. The molecule has 0 aliphatic carbocycles. The van der Waals surface area contributed by atoms with Gasteiger partial charge in [0.15, 0.2) is 0 Å². The Labute approximate surface area is 190 Å². The molecule has 3 atom stereocenters. The van der Waals surface area contributed by atoms with Crippen LogP contribution < -0.4 is 15.0 Å². The number of likely N-dealkylation sites (N-methyl/N-ethyl adjacent to an activating group) is 1. The van der Waals surface area contributed by atoms with Crippen molar-refractivity contribution in [2.75, 3.05) is 32.2 Å². The molecule has 0 saturated carbocycles. The third-order valence-electron chi connectivity index (χ3n) is 6.46. The molecular formula is C26H31N3O3. The van der Waals surface area contributed by atoms with Gasteiger partial charge in [0.25, 0.3) is 0 Å².